The van der Waals surface area contributed by atoms with Gasteiger partial charge in [0, 0.05) is 36.0 Å². The van der Waals surface area contributed by atoms with Crippen LogP contribution in [0.25, 0.3) is 0 Å². The lowest BCUT2D eigenvalue weighted by molar-refractivity contribution is 0.833. The van der Waals surface area contributed by atoms with Gasteiger partial charge in [-0.2, -0.15) is 0 Å². The Balaban J connectivity index is 2.10. The Labute approximate surface area is 87.1 Å². The summed E-state index contributed by atoms with van der Waals surface area (Å²) >= 11 is 3.49. The minimum atomic E-state index is 0.778. The molecule has 2 nitrogen and oxygen atoms in total. The Kier molecular flexibility index (Phi) is 2.83. The molecule has 0 radical (unpaired) electrons. The molecule has 2 rings (SSSR count). The van der Waals surface area contributed by atoms with E-state index < -0.39 is 0 Å². The van der Waals surface area contributed by atoms with Crippen LogP contribution < -0.4 is 4.90 Å². The van der Waals surface area contributed by atoms with Crippen molar-refractivity contribution in [1.29, 1.82) is 0 Å². The molecular weight excluding hydrogens is 228 g/mol. The summed E-state index contributed by atoms with van der Waals surface area (Å²) in [6, 6.07) is 4.95. The Bertz CT molecular complexity index is 259. The molecule has 0 aromatic carbocycles. The van der Waals surface area contributed by atoms with Crippen LogP contribution in [0.5, 0.6) is 0 Å². The molecular formula is C10H13BrN2. The van der Waals surface area contributed by atoms with Gasteiger partial charge in [-0.25, -0.2) is 0 Å². The van der Waals surface area contributed by atoms with Crippen LogP contribution in [-0.4, -0.2) is 22.9 Å². The lowest BCUT2D eigenvalue weighted by atomic mass is 10.3. The highest BCUT2D eigenvalue weighted by Gasteiger charge is 2.28. The molecule has 70 valence electrons. The van der Waals surface area contributed by atoms with Gasteiger partial charge >= 0.3 is 0 Å². The molecule has 1 aromatic heterocycles. The fraction of sp³-hybridized carbons (Fsp3) is 0.500. The van der Waals surface area contributed by atoms with Crippen LogP contribution in [-0.2, 0) is 0 Å². The van der Waals surface area contributed by atoms with E-state index in [0.29, 0.717) is 0 Å². The van der Waals surface area contributed by atoms with Crippen LogP contribution in [0, 0.1) is 0 Å². The number of halogens is 1. The number of alkyl halides is 1. The van der Waals surface area contributed by atoms with Gasteiger partial charge in [-0.15, -0.1) is 0 Å². The second-order valence-electron chi connectivity index (χ2n) is 3.32. The summed E-state index contributed by atoms with van der Waals surface area (Å²) in [5.41, 5.74) is 1.30. The summed E-state index contributed by atoms with van der Waals surface area (Å²) in [5.74, 6) is 0. The molecule has 0 saturated heterocycles. The normalized spacial score (nSPS) is 15.8. The second-order valence-corrected chi connectivity index (χ2v) is 4.11. The van der Waals surface area contributed by atoms with Crippen molar-refractivity contribution in [3.63, 3.8) is 0 Å². The monoisotopic (exact) mass is 240 g/mol. The number of nitrogens with zero attached hydrogens (tertiary/aromatic N) is 2. The van der Waals surface area contributed by atoms with E-state index in [-0.39, 0.29) is 0 Å². The average molecular weight is 241 g/mol. The SMILES string of the molecule is BrCCN(c1ccncc1)C1CC1. The van der Waals surface area contributed by atoms with Crippen LogP contribution in [0.3, 0.4) is 0 Å². The van der Waals surface area contributed by atoms with Gasteiger partial charge in [-0.1, -0.05) is 15.9 Å². The molecule has 0 unspecified atom stereocenters. The zero-order valence-electron chi connectivity index (χ0n) is 7.49. The molecule has 1 aliphatic rings. The van der Waals surface area contributed by atoms with E-state index in [1.54, 1.807) is 0 Å². The molecule has 3 heteroatoms. The summed E-state index contributed by atoms with van der Waals surface area (Å²) < 4.78 is 0. The van der Waals surface area contributed by atoms with Crippen molar-refractivity contribution < 1.29 is 0 Å². The maximum atomic E-state index is 4.03. The van der Waals surface area contributed by atoms with Crippen molar-refractivity contribution in [3.05, 3.63) is 24.5 Å². The fourth-order valence-electron chi connectivity index (χ4n) is 1.54. The van der Waals surface area contributed by atoms with Crippen LogP contribution >= 0.6 is 15.9 Å². The number of anilines is 1. The third-order valence-electron chi connectivity index (χ3n) is 2.31. The zero-order chi connectivity index (χ0) is 9.10. The lowest BCUT2D eigenvalue weighted by Crippen LogP contribution is -2.27. The van der Waals surface area contributed by atoms with Crippen molar-refractivity contribution in [2.24, 2.45) is 0 Å². The van der Waals surface area contributed by atoms with E-state index in [9.17, 15) is 0 Å². The van der Waals surface area contributed by atoms with Gasteiger partial charge in [0.2, 0.25) is 0 Å². The first-order valence-electron chi connectivity index (χ1n) is 4.64. The van der Waals surface area contributed by atoms with Crippen molar-refractivity contribution in [1.82, 2.24) is 4.98 Å². The van der Waals surface area contributed by atoms with Crippen LogP contribution in [0.15, 0.2) is 24.5 Å². The number of rotatable bonds is 4. The molecule has 1 aliphatic carbocycles. The van der Waals surface area contributed by atoms with E-state index in [1.165, 1.54) is 18.5 Å². The molecule has 0 bridgehead atoms. The number of pyridine rings is 1. The van der Waals surface area contributed by atoms with Gasteiger partial charge in [-0.3, -0.25) is 4.98 Å². The van der Waals surface area contributed by atoms with E-state index in [0.717, 1.165) is 17.9 Å². The largest absolute Gasteiger partial charge is 0.368 e. The zero-order valence-corrected chi connectivity index (χ0v) is 9.07. The Hall–Kier alpha value is -0.570. The van der Waals surface area contributed by atoms with Gasteiger partial charge in [0.05, 0.1) is 0 Å². The first kappa shape index (κ1) is 9.00. The van der Waals surface area contributed by atoms with E-state index in [2.05, 4.69) is 37.9 Å². The van der Waals surface area contributed by atoms with Gasteiger partial charge in [-0.05, 0) is 25.0 Å². The average Bonchev–Trinajstić information content (AvgIpc) is 2.99. The molecule has 1 aromatic rings. The molecule has 0 N–H and O–H groups in total. The predicted octanol–water partition coefficient (Wildman–Crippen LogP) is 2.45. The van der Waals surface area contributed by atoms with Crippen molar-refractivity contribution in [3.8, 4) is 0 Å². The topological polar surface area (TPSA) is 16.1 Å². The highest BCUT2D eigenvalue weighted by atomic mass is 79.9. The summed E-state index contributed by atoms with van der Waals surface area (Å²) in [7, 11) is 0. The van der Waals surface area contributed by atoms with Crippen LogP contribution in [0.4, 0.5) is 5.69 Å². The Morgan fingerprint density at radius 1 is 1.38 bits per heavy atom. The summed E-state index contributed by atoms with van der Waals surface area (Å²) in [6.45, 7) is 1.09. The smallest absolute Gasteiger partial charge is 0.0399 e. The Morgan fingerprint density at radius 3 is 2.62 bits per heavy atom. The number of hydrogen-bond donors (Lipinski definition) is 0. The molecule has 0 atom stereocenters. The minimum absolute atomic E-state index is 0.778. The number of hydrogen-bond acceptors (Lipinski definition) is 2. The van der Waals surface area contributed by atoms with Crippen molar-refractivity contribution in [2.45, 2.75) is 18.9 Å². The molecule has 1 fully saturated rings. The van der Waals surface area contributed by atoms with E-state index in [1.807, 2.05) is 12.4 Å². The predicted molar refractivity (Wildman–Crippen MR) is 58.4 cm³/mol. The van der Waals surface area contributed by atoms with Gasteiger partial charge in [0.25, 0.3) is 0 Å². The summed E-state index contributed by atoms with van der Waals surface area (Å²) in [6.07, 6.45) is 6.41. The highest BCUT2D eigenvalue weighted by molar-refractivity contribution is 9.09. The first-order valence-corrected chi connectivity index (χ1v) is 5.76. The maximum Gasteiger partial charge on any atom is 0.0399 e. The van der Waals surface area contributed by atoms with E-state index >= 15 is 0 Å². The molecule has 1 heterocycles. The molecule has 0 amide bonds. The van der Waals surface area contributed by atoms with Gasteiger partial charge in [0.1, 0.15) is 0 Å². The quantitative estimate of drug-likeness (QED) is 0.752. The third-order valence-corrected chi connectivity index (χ3v) is 2.66. The molecule has 1 saturated carbocycles. The molecule has 0 aliphatic heterocycles. The van der Waals surface area contributed by atoms with Gasteiger partial charge in [0.15, 0.2) is 0 Å². The van der Waals surface area contributed by atoms with Crippen molar-refractivity contribution >= 4 is 21.6 Å². The molecule has 13 heavy (non-hydrogen) atoms. The lowest BCUT2D eigenvalue weighted by Gasteiger charge is -2.23. The van der Waals surface area contributed by atoms with Gasteiger partial charge < -0.3 is 4.90 Å². The standard InChI is InChI=1S/C10H13BrN2/c11-5-8-13(9-1-2-9)10-3-6-12-7-4-10/h3-4,6-7,9H,1-2,5,8H2. The van der Waals surface area contributed by atoms with Crippen molar-refractivity contribution in [2.75, 3.05) is 16.8 Å². The summed E-state index contributed by atoms with van der Waals surface area (Å²) in [4.78, 5) is 6.48. The highest BCUT2D eigenvalue weighted by Crippen LogP contribution is 2.30. The van der Waals surface area contributed by atoms with Crippen LogP contribution in [0.2, 0.25) is 0 Å². The third kappa shape index (κ3) is 2.21. The Morgan fingerprint density at radius 2 is 2.08 bits per heavy atom. The second kappa shape index (κ2) is 4.09. The first-order chi connectivity index (χ1) is 6.42. The van der Waals surface area contributed by atoms with Crippen LogP contribution in [0.1, 0.15) is 12.8 Å². The minimum Gasteiger partial charge on any atom is -0.368 e. The number of aromatic nitrogens is 1. The molecule has 0 spiro atoms. The maximum absolute atomic E-state index is 4.03. The summed E-state index contributed by atoms with van der Waals surface area (Å²) in [5, 5.41) is 1.03. The van der Waals surface area contributed by atoms with E-state index in [4.69, 9.17) is 0 Å². The fourth-order valence-corrected chi connectivity index (χ4v) is 1.92.